The molecule has 4 amide bonds. The third kappa shape index (κ3) is 6.82. The van der Waals surface area contributed by atoms with Gasteiger partial charge in [-0.3, -0.25) is 9.59 Å². The third-order valence-electron chi connectivity index (χ3n) is 3.16. The van der Waals surface area contributed by atoms with Crippen LogP contribution in [0.1, 0.15) is 27.2 Å². The van der Waals surface area contributed by atoms with E-state index in [9.17, 15) is 14.4 Å². The van der Waals surface area contributed by atoms with Crippen LogP contribution < -0.4 is 21.7 Å². The van der Waals surface area contributed by atoms with E-state index in [2.05, 4.69) is 16.0 Å². The van der Waals surface area contributed by atoms with E-state index >= 15 is 0 Å². The van der Waals surface area contributed by atoms with Crippen molar-refractivity contribution >= 4 is 23.5 Å². The van der Waals surface area contributed by atoms with Crippen molar-refractivity contribution in [3.05, 3.63) is 30.3 Å². The Morgan fingerprint density at radius 3 is 2.17 bits per heavy atom. The second-order valence-corrected chi connectivity index (χ2v) is 5.77. The first-order valence-corrected chi connectivity index (χ1v) is 7.50. The molecule has 0 fully saturated rings. The average Bonchev–Trinajstić information content (AvgIpc) is 2.44. The number of urea groups is 1. The van der Waals surface area contributed by atoms with Gasteiger partial charge >= 0.3 is 6.03 Å². The van der Waals surface area contributed by atoms with Crippen LogP contribution in [0.25, 0.3) is 0 Å². The molecule has 0 saturated carbocycles. The third-order valence-corrected chi connectivity index (χ3v) is 3.16. The molecule has 0 aliphatic heterocycles. The number of nitrogens with one attached hydrogen (secondary N) is 3. The number of nitrogens with two attached hydrogens (primary N) is 1. The van der Waals surface area contributed by atoms with Crippen molar-refractivity contribution in [1.29, 1.82) is 0 Å². The van der Waals surface area contributed by atoms with E-state index < -0.39 is 18.0 Å². The molecule has 7 heteroatoms. The number of hydrogen-bond acceptors (Lipinski definition) is 3. The topological polar surface area (TPSA) is 113 Å². The van der Waals surface area contributed by atoms with E-state index in [0.29, 0.717) is 5.69 Å². The quantitative estimate of drug-likeness (QED) is 0.605. The predicted octanol–water partition coefficient (Wildman–Crippen LogP) is 1.21. The monoisotopic (exact) mass is 320 g/mol. The molecule has 0 aromatic heterocycles. The molecular weight excluding hydrogens is 296 g/mol. The Balaban J connectivity index is 2.61. The number of para-hydroxylation sites is 1. The first kappa shape index (κ1) is 18.5. The molecule has 0 aliphatic carbocycles. The summed E-state index contributed by atoms with van der Waals surface area (Å²) in [7, 11) is 0. The maximum Gasteiger partial charge on any atom is 0.319 e. The average molecular weight is 320 g/mol. The molecule has 0 bridgehead atoms. The SMILES string of the molecule is CC(C)[C@@H](NC(=O)Nc1ccccc1)C(=O)N[C@@H](C)CC(N)=O. The van der Waals surface area contributed by atoms with Gasteiger partial charge in [0.05, 0.1) is 0 Å². The van der Waals surface area contributed by atoms with Gasteiger partial charge in [-0.25, -0.2) is 4.79 Å². The fourth-order valence-corrected chi connectivity index (χ4v) is 2.05. The molecule has 0 unspecified atom stereocenters. The first-order valence-electron chi connectivity index (χ1n) is 7.50. The number of carbonyl (C=O) groups excluding carboxylic acids is 3. The van der Waals surface area contributed by atoms with Gasteiger partial charge in [0, 0.05) is 18.2 Å². The molecule has 1 rings (SSSR count). The van der Waals surface area contributed by atoms with Crippen LogP contribution in [-0.4, -0.2) is 29.9 Å². The van der Waals surface area contributed by atoms with E-state index in [0.717, 1.165) is 0 Å². The van der Waals surface area contributed by atoms with Crippen molar-refractivity contribution in [3.63, 3.8) is 0 Å². The number of rotatable bonds is 7. The minimum Gasteiger partial charge on any atom is -0.370 e. The Kier molecular flexibility index (Phi) is 7.05. The molecule has 0 saturated heterocycles. The second-order valence-electron chi connectivity index (χ2n) is 5.77. The smallest absolute Gasteiger partial charge is 0.319 e. The lowest BCUT2D eigenvalue weighted by Crippen LogP contribution is -2.53. The highest BCUT2D eigenvalue weighted by Gasteiger charge is 2.25. The second kappa shape index (κ2) is 8.77. The normalized spacial score (nSPS) is 13.0. The fraction of sp³-hybridized carbons (Fsp3) is 0.438. The van der Waals surface area contributed by atoms with Gasteiger partial charge in [0.15, 0.2) is 0 Å². The van der Waals surface area contributed by atoms with E-state index in [-0.39, 0.29) is 24.3 Å². The van der Waals surface area contributed by atoms with E-state index in [1.165, 1.54) is 0 Å². The lowest BCUT2D eigenvalue weighted by Gasteiger charge is -2.23. The molecule has 7 nitrogen and oxygen atoms in total. The Morgan fingerprint density at radius 2 is 1.65 bits per heavy atom. The van der Waals surface area contributed by atoms with Crippen molar-refractivity contribution < 1.29 is 14.4 Å². The molecule has 126 valence electrons. The highest BCUT2D eigenvalue weighted by Crippen LogP contribution is 2.07. The lowest BCUT2D eigenvalue weighted by molar-refractivity contribution is -0.124. The van der Waals surface area contributed by atoms with Crippen molar-refractivity contribution in [1.82, 2.24) is 10.6 Å². The summed E-state index contributed by atoms with van der Waals surface area (Å²) in [6, 6.07) is 7.37. The summed E-state index contributed by atoms with van der Waals surface area (Å²) in [5.74, 6) is -0.956. The summed E-state index contributed by atoms with van der Waals surface area (Å²) in [5.41, 5.74) is 5.74. The summed E-state index contributed by atoms with van der Waals surface area (Å²) in [6.45, 7) is 5.33. The van der Waals surface area contributed by atoms with Crippen LogP contribution in [0, 0.1) is 5.92 Å². The molecule has 0 radical (unpaired) electrons. The highest BCUT2D eigenvalue weighted by molar-refractivity contribution is 5.94. The molecule has 0 heterocycles. The first-order chi connectivity index (χ1) is 10.8. The number of anilines is 1. The standard InChI is InChI=1S/C16H24N4O3/c1-10(2)14(15(22)18-11(3)9-13(17)21)20-16(23)19-12-7-5-4-6-8-12/h4-8,10-11,14H,9H2,1-3H3,(H2,17,21)(H,18,22)(H2,19,20,23)/t11-,14+/m0/s1. The van der Waals surface area contributed by atoms with Gasteiger partial charge in [0.2, 0.25) is 11.8 Å². The fourth-order valence-electron chi connectivity index (χ4n) is 2.05. The van der Waals surface area contributed by atoms with Crippen molar-refractivity contribution in [3.8, 4) is 0 Å². The zero-order valence-electron chi connectivity index (χ0n) is 13.6. The maximum atomic E-state index is 12.3. The molecular formula is C16H24N4O3. The largest absolute Gasteiger partial charge is 0.370 e. The van der Waals surface area contributed by atoms with Crippen molar-refractivity contribution in [2.75, 3.05) is 5.32 Å². The van der Waals surface area contributed by atoms with Gasteiger partial charge in [-0.15, -0.1) is 0 Å². The number of primary amides is 1. The summed E-state index contributed by atoms with van der Waals surface area (Å²) in [5, 5.41) is 7.99. The van der Waals surface area contributed by atoms with E-state index in [4.69, 9.17) is 5.73 Å². The Labute approximate surface area is 136 Å². The van der Waals surface area contributed by atoms with Crippen LogP contribution in [0.3, 0.4) is 0 Å². The van der Waals surface area contributed by atoms with Gasteiger partial charge in [-0.1, -0.05) is 32.0 Å². The van der Waals surface area contributed by atoms with Crippen LogP contribution in [0.15, 0.2) is 30.3 Å². The van der Waals surface area contributed by atoms with E-state index in [1.54, 1.807) is 31.2 Å². The van der Waals surface area contributed by atoms with Crippen molar-refractivity contribution in [2.45, 2.75) is 39.3 Å². The molecule has 2 atom stereocenters. The summed E-state index contributed by atoms with van der Waals surface area (Å²) >= 11 is 0. The van der Waals surface area contributed by atoms with Crippen LogP contribution in [0.2, 0.25) is 0 Å². The van der Waals surface area contributed by atoms with Gasteiger partial charge in [0.25, 0.3) is 0 Å². The Morgan fingerprint density at radius 1 is 1.04 bits per heavy atom. The van der Waals surface area contributed by atoms with Gasteiger partial charge in [-0.05, 0) is 25.0 Å². The molecule has 1 aromatic rings. The zero-order valence-corrected chi connectivity index (χ0v) is 13.6. The minimum absolute atomic E-state index is 0.0484. The Hall–Kier alpha value is -2.57. The van der Waals surface area contributed by atoms with Crippen LogP contribution in [0.4, 0.5) is 10.5 Å². The summed E-state index contributed by atoms with van der Waals surface area (Å²) in [6.07, 6.45) is 0.0484. The zero-order chi connectivity index (χ0) is 17.4. The maximum absolute atomic E-state index is 12.3. The predicted molar refractivity (Wildman–Crippen MR) is 88.6 cm³/mol. The molecule has 1 aromatic carbocycles. The number of hydrogen-bond donors (Lipinski definition) is 4. The van der Waals surface area contributed by atoms with Gasteiger partial charge in [-0.2, -0.15) is 0 Å². The molecule has 5 N–H and O–H groups in total. The molecule has 0 spiro atoms. The number of carbonyl (C=O) groups is 3. The van der Waals surface area contributed by atoms with Gasteiger partial charge in [0.1, 0.15) is 6.04 Å². The highest BCUT2D eigenvalue weighted by atomic mass is 16.2. The van der Waals surface area contributed by atoms with Gasteiger partial charge < -0.3 is 21.7 Å². The lowest BCUT2D eigenvalue weighted by atomic mass is 10.0. The summed E-state index contributed by atoms with van der Waals surface area (Å²) in [4.78, 5) is 35.1. The number of amides is 4. The van der Waals surface area contributed by atoms with Crippen LogP contribution in [-0.2, 0) is 9.59 Å². The van der Waals surface area contributed by atoms with Crippen molar-refractivity contribution in [2.24, 2.45) is 11.7 Å². The summed E-state index contributed by atoms with van der Waals surface area (Å²) < 4.78 is 0. The van der Waals surface area contributed by atoms with Crippen LogP contribution in [0.5, 0.6) is 0 Å². The van der Waals surface area contributed by atoms with Crippen LogP contribution >= 0.6 is 0 Å². The minimum atomic E-state index is -0.714. The molecule has 0 aliphatic rings. The molecule has 23 heavy (non-hydrogen) atoms. The number of benzene rings is 1. The Bertz CT molecular complexity index is 546. The van der Waals surface area contributed by atoms with E-state index in [1.807, 2.05) is 19.9 Å².